The fraction of sp³-hybridized carbons (Fsp3) is 0.176. The monoisotopic (exact) mass is 352 g/mol. The summed E-state index contributed by atoms with van der Waals surface area (Å²) in [7, 11) is 1.52. The number of hydrogen-bond acceptors (Lipinski definition) is 3. The predicted octanol–water partition coefficient (Wildman–Crippen LogP) is 3.13. The number of amides is 2. The van der Waals surface area contributed by atoms with Gasteiger partial charge < -0.3 is 15.4 Å². The fourth-order valence-corrected chi connectivity index (χ4v) is 1.93. The number of alkyl halides is 3. The summed E-state index contributed by atoms with van der Waals surface area (Å²) >= 11 is 0. The van der Waals surface area contributed by atoms with Crippen molar-refractivity contribution in [1.82, 2.24) is 5.32 Å². The number of benzene rings is 2. The third-order valence-corrected chi connectivity index (χ3v) is 3.27. The molecule has 0 aliphatic heterocycles. The minimum absolute atomic E-state index is 0.259. The van der Waals surface area contributed by atoms with E-state index in [1.165, 1.54) is 31.4 Å². The highest BCUT2D eigenvalue weighted by atomic mass is 19.4. The van der Waals surface area contributed by atoms with Crippen molar-refractivity contribution >= 4 is 17.5 Å². The number of carbonyl (C=O) groups excluding carboxylic acids is 2. The average molecular weight is 352 g/mol. The molecule has 0 saturated carbocycles. The van der Waals surface area contributed by atoms with Crippen molar-refractivity contribution < 1.29 is 27.5 Å². The second kappa shape index (κ2) is 7.69. The van der Waals surface area contributed by atoms with E-state index in [1.54, 1.807) is 29.6 Å². The van der Waals surface area contributed by atoms with Crippen molar-refractivity contribution in [3.63, 3.8) is 0 Å². The average Bonchev–Trinajstić information content (AvgIpc) is 2.60. The Labute approximate surface area is 141 Å². The maximum Gasteiger partial charge on any atom is 0.471 e. The quantitative estimate of drug-likeness (QED) is 0.869. The van der Waals surface area contributed by atoms with E-state index in [2.05, 4.69) is 5.32 Å². The van der Waals surface area contributed by atoms with Crippen LogP contribution in [0.5, 0.6) is 5.75 Å². The largest absolute Gasteiger partial charge is 0.497 e. The summed E-state index contributed by atoms with van der Waals surface area (Å²) < 4.78 is 41.3. The van der Waals surface area contributed by atoms with Crippen molar-refractivity contribution in [2.24, 2.45) is 0 Å². The van der Waals surface area contributed by atoms with Gasteiger partial charge in [0.2, 0.25) is 0 Å². The first-order valence-corrected chi connectivity index (χ1v) is 7.19. The maximum atomic E-state index is 12.1. The molecule has 8 heteroatoms. The lowest BCUT2D eigenvalue weighted by atomic mass is 10.1. The van der Waals surface area contributed by atoms with Gasteiger partial charge >= 0.3 is 12.1 Å². The second-order valence-corrected chi connectivity index (χ2v) is 5.06. The molecule has 0 aliphatic carbocycles. The lowest BCUT2D eigenvalue weighted by Crippen LogP contribution is -2.36. The van der Waals surface area contributed by atoms with Crippen molar-refractivity contribution in [2.75, 3.05) is 12.4 Å². The minimum Gasteiger partial charge on any atom is -0.497 e. The summed E-state index contributed by atoms with van der Waals surface area (Å²) in [5.74, 6) is -1.70. The molecule has 2 N–H and O–H groups in total. The third-order valence-electron chi connectivity index (χ3n) is 3.27. The van der Waals surface area contributed by atoms with Gasteiger partial charge in [-0.3, -0.25) is 9.59 Å². The van der Waals surface area contributed by atoms with E-state index < -0.39 is 12.1 Å². The van der Waals surface area contributed by atoms with Crippen LogP contribution in [0.15, 0.2) is 48.5 Å². The predicted molar refractivity (Wildman–Crippen MR) is 85.3 cm³/mol. The minimum atomic E-state index is -4.91. The molecule has 2 amide bonds. The van der Waals surface area contributed by atoms with Crippen LogP contribution in [-0.4, -0.2) is 25.1 Å². The SMILES string of the molecule is COc1ccc(C(=O)Nc2ccc(CNC(=O)C(F)(F)F)cc2)cc1. The molecule has 2 rings (SSSR count). The number of carbonyl (C=O) groups is 2. The topological polar surface area (TPSA) is 67.4 Å². The molecular formula is C17H15F3N2O3. The zero-order valence-electron chi connectivity index (χ0n) is 13.2. The highest BCUT2D eigenvalue weighted by Gasteiger charge is 2.38. The van der Waals surface area contributed by atoms with Gasteiger partial charge in [-0.15, -0.1) is 0 Å². The fourth-order valence-electron chi connectivity index (χ4n) is 1.93. The normalized spacial score (nSPS) is 10.9. The number of nitrogens with one attached hydrogen (secondary N) is 2. The molecule has 0 fully saturated rings. The smallest absolute Gasteiger partial charge is 0.471 e. The van der Waals surface area contributed by atoms with Gasteiger partial charge in [0.15, 0.2) is 0 Å². The van der Waals surface area contributed by atoms with Gasteiger partial charge in [-0.25, -0.2) is 0 Å². The first kappa shape index (κ1) is 18.3. The molecule has 0 aliphatic rings. The van der Waals surface area contributed by atoms with E-state index in [9.17, 15) is 22.8 Å². The van der Waals surface area contributed by atoms with Crippen LogP contribution in [0.3, 0.4) is 0 Å². The molecule has 25 heavy (non-hydrogen) atoms. The summed E-state index contributed by atoms with van der Waals surface area (Å²) in [5, 5.41) is 4.44. The van der Waals surface area contributed by atoms with E-state index >= 15 is 0 Å². The van der Waals surface area contributed by atoms with Crippen LogP contribution in [-0.2, 0) is 11.3 Å². The van der Waals surface area contributed by atoms with Crippen molar-refractivity contribution in [1.29, 1.82) is 0 Å². The molecule has 0 spiro atoms. The number of ether oxygens (including phenoxy) is 1. The summed E-state index contributed by atoms with van der Waals surface area (Å²) in [6, 6.07) is 12.6. The van der Waals surface area contributed by atoms with Crippen molar-refractivity contribution in [3.05, 3.63) is 59.7 Å². The first-order valence-electron chi connectivity index (χ1n) is 7.19. The molecule has 0 radical (unpaired) electrons. The number of rotatable bonds is 5. The molecule has 2 aromatic carbocycles. The van der Waals surface area contributed by atoms with Gasteiger partial charge in [-0.05, 0) is 42.0 Å². The van der Waals surface area contributed by atoms with Gasteiger partial charge in [-0.2, -0.15) is 13.2 Å². The molecule has 5 nitrogen and oxygen atoms in total. The Morgan fingerprint density at radius 2 is 1.60 bits per heavy atom. The number of hydrogen-bond donors (Lipinski definition) is 2. The lowest BCUT2D eigenvalue weighted by Gasteiger charge is -2.09. The third kappa shape index (κ3) is 5.23. The first-order chi connectivity index (χ1) is 11.8. The van der Waals surface area contributed by atoms with Crippen molar-refractivity contribution in [3.8, 4) is 5.75 Å². The van der Waals surface area contributed by atoms with Gasteiger partial charge in [0.1, 0.15) is 5.75 Å². The van der Waals surface area contributed by atoms with Gasteiger partial charge in [0, 0.05) is 17.8 Å². The summed E-state index contributed by atoms with van der Waals surface area (Å²) in [6.45, 7) is -0.259. The van der Waals surface area contributed by atoms with Crippen LogP contribution >= 0.6 is 0 Å². The Bertz CT molecular complexity index is 741. The highest BCUT2D eigenvalue weighted by Crippen LogP contribution is 2.16. The number of halogens is 3. The molecule has 0 saturated heterocycles. The van der Waals surface area contributed by atoms with Gasteiger partial charge in [-0.1, -0.05) is 12.1 Å². The zero-order chi connectivity index (χ0) is 18.4. The lowest BCUT2D eigenvalue weighted by molar-refractivity contribution is -0.173. The van der Waals surface area contributed by atoms with E-state index in [0.29, 0.717) is 22.6 Å². The second-order valence-electron chi connectivity index (χ2n) is 5.06. The molecule has 0 heterocycles. The van der Waals surface area contributed by atoms with Gasteiger partial charge in [0.25, 0.3) is 5.91 Å². The zero-order valence-corrected chi connectivity index (χ0v) is 13.2. The summed E-state index contributed by atoms with van der Waals surface area (Å²) in [6.07, 6.45) is -4.91. The Kier molecular flexibility index (Phi) is 5.63. The van der Waals surface area contributed by atoms with Crippen LogP contribution in [0.25, 0.3) is 0 Å². The number of anilines is 1. The molecule has 0 unspecified atom stereocenters. The van der Waals surface area contributed by atoms with Crippen LogP contribution in [0.1, 0.15) is 15.9 Å². The Morgan fingerprint density at radius 3 is 2.12 bits per heavy atom. The standard InChI is InChI=1S/C17H15F3N2O3/c1-25-14-8-4-12(5-9-14)15(23)22-13-6-2-11(3-7-13)10-21-16(24)17(18,19)20/h2-9H,10H2,1H3,(H,21,24)(H,22,23). The van der Waals surface area contributed by atoms with Crippen LogP contribution in [0.4, 0.5) is 18.9 Å². The Hall–Kier alpha value is -3.03. The van der Waals surface area contributed by atoms with Crippen LogP contribution in [0, 0.1) is 0 Å². The maximum absolute atomic E-state index is 12.1. The molecule has 132 valence electrons. The highest BCUT2D eigenvalue weighted by molar-refractivity contribution is 6.04. The van der Waals surface area contributed by atoms with E-state index in [-0.39, 0.29) is 12.5 Å². The summed E-state index contributed by atoms with van der Waals surface area (Å²) in [5.41, 5.74) is 1.38. The Morgan fingerprint density at radius 1 is 1.00 bits per heavy atom. The van der Waals surface area contributed by atoms with Crippen molar-refractivity contribution in [2.45, 2.75) is 12.7 Å². The van der Waals surface area contributed by atoms with E-state index in [1.807, 2.05) is 0 Å². The molecule has 0 bridgehead atoms. The molecular weight excluding hydrogens is 337 g/mol. The molecule has 2 aromatic rings. The van der Waals surface area contributed by atoms with E-state index in [0.717, 1.165) is 0 Å². The summed E-state index contributed by atoms with van der Waals surface area (Å²) in [4.78, 5) is 22.8. The van der Waals surface area contributed by atoms with Crippen LogP contribution in [0.2, 0.25) is 0 Å². The molecule has 0 aromatic heterocycles. The van der Waals surface area contributed by atoms with Crippen LogP contribution < -0.4 is 15.4 Å². The van der Waals surface area contributed by atoms with E-state index in [4.69, 9.17) is 4.74 Å². The number of methoxy groups -OCH3 is 1. The molecule has 0 atom stereocenters. The Balaban J connectivity index is 1.93. The van der Waals surface area contributed by atoms with Gasteiger partial charge in [0.05, 0.1) is 7.11 Å².